The Morgan fingerprint density at radius 1 is 1.18 bits per heavy atom. The van der Waals surface area contributed by atoms with E-state index in [9.17, 15) is 10.4 Å². The minimum Gasteiger partial charge on any atom is -0.783 e. The van der Waals surface area contributed by atoms with Crippen LogP contribution in [-0.4, -0.2) is 26.2 Å². The number of rotatable bonds is 1. The fourth-order valence-electron chi connectivity index (χ4n) is 2.05. The highest BCUT2D eigenvalue weighted by Crippen LogP contribution is 2.47. The Hall–Kier alpha value is -1.01. The number of hydrogen-bond donors (Lipinski definition) is 0. The van der Waals surface area contributed by atoms with Crippen LogP contribution in [0.25, 0.3) is 0 Å². The third kappa shape index (κ3) is 1.58. The lowest BCUT2D eigenvalue weighted by Gasteiger charge is -2.44. The van der Waals surface area contributed by atoms with Crippen LogP contribution in [0.15, 0.2) is 24.5 Å². The molecule has 2 heterocycles. The first-order chi connectivity index (χ1) is 7.80. The predicted octanol–water partition coefficient (Wildman–Crippen LogP) is 2.10. The lowest BCUT2D eigenvalue weighted by molar-refractivity contribution is -0.232. The van der Waals surface area contributed by atoms with Gasteiger partial charge in [0.2, 0.25) is 0 Å². The van der Waals surface area contributed by atoms with Crippen molar-refractivity contribution in [3.63, 3.8) is 0 Å². The zero-order chi connectivity index (χ0) is 12.8. The fourth-order valence-corrected chi connectivity index (χ4v) is 2.05. The van der Waals surface area contributed by atoms with Gasteiger partial charge in [0.1, 0.15) is 6.17 Å². The molecule has 0 aromatic carbocycles. The number of hydrogen-bond acceptors (Lipinski definition) is 4. The molecule has 1 fully saturated rings. The predicted molar refractivity (Wildman–Crippen MR) is 62.9 cm³/mol. The largest absolute Gasteiger partial charge is 0.783 e. The molecule has 1 aromatic heterocycles. The molecule has 93 valence electrons. The molecule has 0 spiro atoms. The second-order valence-electron chi connectivity index (χ2n) is 5.42. The summed E-state index contributed by atoms with van der Waals surface area (Å²) >= 11 is 0. The average Bonchev–Trinajstić information content (AvgIpc) is 2.40. The molecule has 0 saturated carbocycles. The van der Waals surface area contributed by atoms with Gasteiger partial charge < -0.3 is 10.3 Å². The van der Waals surface area contributed by atoms with Crippen LogP contribution in [0.1, 0.15) is 39.4 Å². The number of hydroxylamine groups is 4. The smallest absolute Gasteiger partial charge is 0.105 e. The average molecular weight is 235 g/mol. The van der Waals surface area contributed by atoms with Crippen molar-refractivity contribution in [2.45, 2.75) is 44.9 Å². The lowest BCUT2D eigenvalue weighted by Crippen LogP contribution is -2.51. The highest BCUT2D eigenvalue weighted by molar-refractivity contribution is 5.21. The summed E-state index contributed by atoms with van der Waals surface area (Å²) in [7, 11) is 0. The van der Waals surface area contributed by atoms with Crippen molar-refractivity contribution in [1.82, 2.24) is 15.1 Å². The van der Waals surface area contributed by atoms with Gasteiger partial charge in [-0.05, 0) is 45.4 Å². The van der Waals surface area contributed by atoms with Gasteiger partial charge in [-0.15, -0.1) is 10.3 Å². The molecular weight excluding hydrogens is 218 g/mol. The third-order valence-electron chi connectivity index (χ3n) is 4.05. The Bertz CT molecular complexity index is 385. The van der Waals surface area contributed by atoms with Crippen LogP contribution in [0.3, 0.4) is 0 Å². The number of pyridine rings is 1. The zero-order valence-electron chi connectivity index (χ0n) is 10.5. The van der Waals surface area contributed by atoms with E-state index in [0.717, 1.165) is 10.1 Å². The van der Waals surface area contributed by atoms with Gasteiger partial charge in [0.05, 0.1) is 5.54 Å². The highest BCUT2D eigenvalue weighted by atomic mass is 16.6. The van der Waals surface area contributed by atoms with E-state index in [2.05, 4.69) is 4.98 Å². The van der Waals surface area contributed by atoms with Gasteiger partial charge in [0, 0.05) is 17.9 Å². The molecule has 1 aliphatic heterocycles. The first-order valence-corrected chi connectivity index (χ1v) is 5.63. The zero-order valence-corrected chi connectivity index (χ0v) is 10.5. The van der Waals surface area contributed by atoms with Crippen LogP contribution in [0, 0.1) is 5.21 Å². The maximum atomic E-state index is 12.3. The monoisotopic (exact) mass is 235 g/mol. The first kappa shape index (κ1) is 12.4. The van der Waals surface area contributed by atoms with Crippen molar-refractivity contribution in [3.8, 4) is 0 Å². The SMILES string of the molecule is CC1(C)N([O])C(c2ccncc2)N([O-])C1(C)C. The van der Waals surface area contributed by atoms with Crippen molar-refractivity contribution < 1.29 is 5.21 Å². The molecule has 0 atom stereocenters. The van der Waals surface area contributed by atoms with Gasteiger partial charge in [-0.25, -0.2) is 0 Å². The maximum absolute atomic E-state index is 12.3. The highest BCUT2D eigenvalue weighted by Gasteiger charge is 2.55. The van der Waals surface area contributed by atoms with Gasteiger partial charge >= 0.3 is 0 Å². The van der Waals surface area contributed by atoms with Gasteiger partial charge in [-0.3, -0.25) is 4.98 Å². The topological polar surface area (TPSA) is 62.3 Å². The Morgan fingerprint density at radius 2 is 1.71 bits per heavy atom. The molecule has 17 heavy (non-hydrogen) atoms. The van der Waals surface area contributed by atoms with E-state index in [1.165, 1.54) is 0 Å². The summed E-state index contributed by atoms with van der Waals surface area (Å²) in [6.07, 6.45) is 2.40. The van der Waals surface area contributed by atoms with Crippen LogP contribution in [-0.2, 0) is 5.21 Å². The molecule has 0 bridgehead atoms. The quantitative estimate of drug-likeness (QED) is 0.747. The lowest BCUT2D eigenvalue weighted by atomic mass is 9.84. The molecule has 1 saturated heterocycles. The number of nitrogens with zero attached hydrogens (tertiary/aromatic N) is 3. The molecule has 0 N–H and O–H groups in total. The molecular formula is C12H17N3O2-. The van der Waals surface area contributed by atoms with Gasteiger partial charge in [-0.1, -0.05) is 0 Å². The summed E-state index contributed by atoms with van der Waals surface area (Å²) < 4.78 is 0. The first-order valence-electron chi connectivity index (χ1n) is 5.63. The fraction of sp³-hybridized carbons (Fsp3) is 0.583. The van der Waals surface area contributed by atoms with Crippen LogP contribution >= 0.6 is 0 Å². The van der Waals surface area contributed by atoms with Crippen LogP contribution in [0.5, 0.6) is 0 Å². The molecule has 5 nitrogen and oxygen atoms in total. The van der Waals surface area contributed by atoms with Crippen LogP contribution < -0.4 is 0 Å². The van der Waals surface area contributed by atoms with E-state index in [0.29, 0.717) is 5.56 Å². The molecule has 5 heteroatoms. The van der Waals surface area contributed by atoms with E-state index in [1.807, 2.05) is 0 Å². The van der Waals surface area contributed by atoms with E-state index < -0.39 is 17.2 Å². The molecule has 2 rings (SSSR count). The van der Waals surface area contributed by atoms with Gasteiger partial charge in [0.25, 0.3) is 0 Å². The summed E-state index contributed by atoms with van der Waals surface area (Å²) in [5.74, 6) is 0. The Kier molecular flexibility index (Phi) is 2.74. The van der Waals surface area contributed by atoms with Crippen LogP contribution in [0.4, 0.5) is 0 Å². The van der Waals surface area contributed by atoms with Crippen molar-refractivity contribution >= 4 is 0 Å². The van der Waals surface area contributed by atoms with Crippen molar-refractivity contribution in [2.24, 2.45) is 0 Å². The maximum Gasteiger partial charge on any atom is 0.105 e. The summed E-state index contributed by atoms with van der Waals surface area (Å²) in [6.45, 7) is 7.19. The third-order valence-corrected chi connectivity index (χ3v) is 4.05. The van der Waals surface area contributed by atoms with Crippen molar-refractivity contribution in [2.75, 3.05) is 0 Å². The minimum absolute atomic E-state index is 0.684. The summed E-state index contributed by atoms with van der Waals surface area (Å²) in [6, 6.07) is 3.41. The van der Waals surface area contributed by atoms with Crippen molar-refractivity contribution in [3.05, 3.63) is 35.3 Å². The Balaban J connectivity index is 2.45. The van der Waals surface area contributed by atoms with Gasteiger partial charge in [0.15, 0.2) is 0 Å². The standard InChI is InChI=1S/C12H17N3O2/c1-11(2)12(3,4)15(17)10(14(11)16)9-5-7-13-8-6-9/h5-8,10H,1-4H3/q-1. The second-order valence-corrected chi connectivity index (χ2v) is 5.42. The van der Waals surface area contributed by atoms with E-state index in [1.54, 1.807) is 52.2 Å². The van der Waals surface area contributed by atoms with E-state index in [-0.39, 0.29) is 0 Å². The summed E-state index contributed by atoms with van der Waals surface area (Å²) in [5, 5.41) is 26.4. The van der Waals surface area contributed by atoms with E-state index >= 15 is 0 Å². The molecule has 0 unspecified atom stereocenters. The van der Waals surface area contributed by atoms with E-state index in [4.69, 9.17) is 0 Å². The normalized spacial score (nSPS) is 28.5. The van der Waals surface area contributed by atoms with Crippen molar-refractivity contribution in [1.29, 1.82) is 0 Å². The molecule has 1 radical (unpaired) electrons. The summed E-state index contributed by atoms with van der Waals surface area (Å²) in [5.41, 5.74) is -0.783. The van der Waals surface area contributed by atoms with Crippen LogP contribution in [0.2, 0.25) is 0 Å². The Labute approximate surface area is 101 Å². The minimum atomic E-state index is -0.789. The number of aromatic nitrogens is 1. The molecule has 0 amide bonds. The molecule has 1 aliphatic rings. The molecule has 1 aromatic rings. The summed E-state index contributed by atoms with van der Waals surface area (Å²) in [4.78, 5) is 3.90. The Morgan fingerprint density at radius 3 is 2.12 bits per heavy atom. The second kappa shape index (κ2) is 3.74. The molecule has 0 aliphatic carbocycles. The van der Waals surface area contributed by atoms with Gasteiger partial charge in [-0.2, -0.15) is 0 Å².